The molecule has 0 radical (unpaired) electrons. The number of furan rings is 1. The molecule has 1 aliphatic rings. The van der Waals surface area contributed by atoms with E-state index in [2.05, 4.69) is 34.4 Å². The first kappa shape index (κ1) is 16.9. The van der Waals surface area contributed by atoms with Crippen LogP contribution in [-0.2, 0) is 6.42 Å². The summed E-state index contributed by atoms with van der Waals surface area (Å²) < 4.78 is 5.34. The van der Waals surface area contributed by atoms with Crippen LogP contribution in [0.4, 0.5) is 0 Å². The van der Waals surface area contributed by atoms with Crippen LogP contribution in [0.3, 0.4) is 0 Å². The fourth-order valence-electron chi connectivity index (χ4n) is 2.89. The van der Waals surface area contributed by atoms with E-state index in [-0.39, 0.29) is 5.54 Å². The highest BCUT2D eigenvalue weighted by Gasteiger charge is 2.27. The largest absolute Gasteiger partial charge is 0.469 e. The van der Waals surface area contributed by atoms with Gasteiger partial charge in [-0.2, -0.15) is 0 Å². The number of aliphatic imine (C=N–C) groups is 1. The third kappa shape index (κ3) is 5.05. The number of guanidine groups is 1. The van der Waals surface area contributed by atoms with Gasteiger partial charge in [0.2, 0.25) is 0 Å². The molecule has 0 unspecified atom stereocenters. The number of nitrogens with zero attached hydrogens (tertiary/aromatic N) is 2. The lowest BCUT2D eigenvalue weighted by molar-refractivity contribution is 0.0982. The van der Waals surface area contributed by atoms with Crippen molar-refractivity contribution in [3.63, 3.8) is 0 Å². The van der Waals surface area contributed by atoms with E-state index in [9.17, 15) is 0 Å². The maximum absolute atomic E-state index is 5.34. The topological polar surface area (TPSA) is 52.8 Å². The molecular formula is C17H30N4O. The number of likely N-dealkylation sites (tertiary alicyclic amines) is 1. The van der Waals surface area contributed by atoms with Gasteiger partial charge < -0.3 is 15.1 Å². The van der Waals surface area contributed by atoms with Gasteiger partial charge in [0.25, 0.3) is 0 Å². The second-order valence-corrected chi connectivity index (χ2v) is 6.54. The van der Waals surface area contributed by atoms with Gasteiger partial charge in [-0.1, -0.05) is 6.42 Å². The Labute approximate surface area is 134 Å². The van der Waals surface area contributed by atoms with E-state index in [0.717, 1.165) is 31.2 Å². The molecule has 22 heavy (non-hydrogen) atoms. The van der Waals surface area contributed by atoms with Gasteiger partial charge in [0, 0.05) is 32.1 Å². The standard InChI is InChI=1S/C17H30N4O/c1-17(2,21-11-5-4-6-12-21)14-20-16(18-3)19-10-9-15-8-7-13-22-15/h7-8,13H,4-6,9-12,14H2,1-3H3,(H2,18,19,20). The molecule has 0 bridgehead atoms. The van der Waals surface area contributed by atoms with Gasteiger partial charge in [0.15, 0.2) is 5.96 Å². The Morgan fingerprint density at radius 1 is 1.27 bits per heavy atom. The van der Waals surface area contributed by atoms with E-state index in [4.69, 9.17) is 4.42 Å². The highest BCUT2D eigenvalue weighted by molar-refractivity contribution is 5.79. The molecule has 0 amide bonds. The highest BCUT2D eigenvalue weighted by atomic mass is 16.3. The third-order valence-electron chi connectivity index (χ3n) is 4.37. The predicted molar refractivity (Wildman–Crippen MR) is 91.3 cm³/mol. The van der Waals surface area contributed by atoms with Crippen LogP contribution in [0.2, 0.25) is 0 Å². The number of hydrogen-bond acceptors (Lipinski definition) is 3. The second-order valence-electron chi connectivity index (χ2n) is 6.54. The van der Waals surface area contributed by atoms with Gasteiger partial charge in [0.05, 0.1) is 6.26 Å². The predicted octanol–water partition coefficient (Wildman–Crippen LogP) is 2.25. The maximum Gasteiger partial charge on any atom is 0.191 e. The lowest BCUT2D eigenvalue weighted by Crippen LogP contribution is -2.55. The maximum atomic E-state index is 5.34. The van der Waals surface area contributed by atoms with Crippen LogP contribution < -0.4 is 10.6 Å². The van der Waals surface area contributed by atoms with Crippen LogP contribution in [0.1, 0.15) is 38.9 Å². The summed E-state index contributed by atoms with van der Waals surface area (Å²) in [5.74, 6) is 1.85. The highest BCUT2D eigenvalue weighted by Crippen LogP contribution is 2.19. The average molecular weight is 306 g/mol. The summed E-state index contributed by atoms with van der Waals surface area (Å²) in [5, 5.41) is 6.80. The number of hydrogen-bond donors (Lipinski definition) is 2. The molecule has 2 N–H and O–H groups in total. The monoisotopic (exact) mass is 306 g/mol. The Balaban J connectivity index is 1.72. The molecule has 1 aliphatic heterocycles. The molecule has 2 rings (SSSR count). The molecule has 1 fully saturated rings. The molecular weight excluding hydrogens is 276 g/mol. The van der Waals surface area contributed by atoms with E-state index in [1.165, 1.54) is 32.4 Å². The average Bonchev–Trinajstić information content (AvgIpc) is 3.05. The molecule has 0 spiro atoms. The zero-order valence-electron chi connectivity index (χ0n) is 14.2. The summed E-state index contributed by atoms with van der Waals surface area (Å²) in [5.41, 5.74) is 0.152. The van der Waals surface area contributed by atoms with E-state index in [1.54, 1.807) is 6.26 Å². The van der Waals surface area contributed by atoms with Crippen molar-refractivity contribution in [2.45, 2.75) is 45.1 Å². The molecule has 1 aromatic heterocycles. The van der Waals surface area contributed by atoms with Gasteiger partial charge in [-0.15, -0.1) is 0 Å². The molecule has 124 valence electrons. The molecule has 5 nitrogen and oxygen atoms in total. The normalized spacial score (nSPS) is 17.5. The van der Waals surface area contributed by atoms with Crippen LogP contribution in [0.5, 0.6) is 0 Å². The minimum atomic E-state index is 0.152. The molecule has 0 saturated carbocycles. The fourth-order valence-corrected chi connectivity index (χ4v) is 2.89. The molecule has 1 aromatic rings. The summed E-state index contributed by atoms with van der Waals surface area (Å²) >= 11 is 0. The van der Waals surface area contributed by atoms with Crippen molar-refractivity contribution in [1.29, 1.82) is 0 Å². The lowest BCUT2D eigenvalue weighted by atomic mass is 9.98. The first-order valence-electron chi connectivity index (χ1n) is 8.34. The number of piperidine rings is 1. The van der Waals surface area contributed by atoms with Crippen LogP contribution >= 0.6 is 0 Å². The smallest absolute Gasteiger partial charge is 0.191 e. The number of rotatable bonds is 6. The van der Waals surface area contributed by atoms with Crippen molar-refractivity contribution in [1.82, 2.24) is 15.5 Å². The van der Waals surface area contributed by atoms with Crippen LogP contribution in [-0.4, -0.2) is 49.6 Å². The summed E-state index contributed by atoms with van der Waals surface area (Å²) in [6.07, 6.45) is 6.59. The van der Waals surface area contributed by atoms with Gasteiger partial charge in [-0.3, -0.25) is 9.89 Å². The Morgan fingerprint density at radius 2 is 2.05 bits per heavy atom. The van der Waals surface area contributed by atoms with Gasteiger partial charge in [0.1, 0.15) is 5.76 Å². The Kier molecular flexibility index (Phi) is 6.31. The molecule has 0 aliphatic carbocycles. The summed E-state index contributed by atoms with van der Waals surface area (Å²) in [4.78, 5) is 6.88. The quantitative estimate of drug-likeness (QED) is 0.625. The van der Waals surface area contributed by atoms with Crippen LogP contribution in [0.25, 0.3) is 0 Å². The number of nitrogens with one attached hydrogen (secondary N) is 2. The van der Waals surface area contributed by atoms with Gasteiger partial charge in [-0.25, -0.2) is 0 Å². The Morgan fingerprint density at radius 3 is 2.68 bits per heavy atom. The van der Waals surface area contributed by atoms with Gasteiger partial charge >= 0.3 is 0 Å². The van der Waals surface area contributed by atoms with E-state index >= 15 is 0 Å². The molecule has 0 atom stereocenters. The minimum Gasteiger partial charge on any atom is -0.469 e. The minimum absolute atomic E-state index is 0.152. The van der Waals surface area contributed by atoms with Crippen molar-refractivity contribution in [3.05, 3.63) is 24.2 Å². The van der Waals surface area contributed by atoms with Crippen molar-refractivity contribution in [2.75, 3.05) is 33.2 Å². The van der Waals surface area contributed by atoms with Crippen molar-refractivity contribution >= 4 is 5.96 Å². The van der Waals surface area contributed by atoms with E-state index in [0.29, 0.717) is 0 Å². The third-order valence-corrected chi connectivity index (χ3v) is 4.37. The molecule has 1 saturated heterocycles. The molecule has 2 heterocycles. The Bertz CT molecular complexity index is 447. The van der Waals surface area contributed by atoms with Crippen molar-refractivity contribution in [3.8, 4) is 0 Å². The van der Waals surface area contributed by atoms with Crippen LogP contribution in [0.15, 0.2) is 27.8 Å². The zero-order chi connectivity index (χ0) is 15.8. The van der Waals surface area contributed by atoms with E-state index in [1.807, 2.05) is 19.2 Å². The summed E-state index contributed by atoms with van der Waals surface area (Å²) in [6, 6.07) is 3.92. The summed E-state index contributed by atoms with van der Waals surface area (Å²) in [6.45, 7) is 8.74. The Hall–Kier alpha value is -1.49. The lowest BCUT2D eigenvalue weighted by Gasteiger charge is -2.41. The zero-order valence-corrected chi connectivity index (χ0v) is 14.2. The fraction of sp³-hybridized carbons (Fsp3) is 0.706. The molecule has 0 aromatic carbocycles. The van der Waals surface area contributed by atoms with E-state index < -0.39 is 0 Å². The molecule has 5 heteroatoms. The first-order chi connectivity index (χ1) is 10.6. The van der Waals surface area contributed by atoms with Crippen molar-refractivity contribution < 1.29 is 4.42 Å². The second kappa shape index (κ2) is 8.22. The first-order valence-corrected chi connectivity index (χ1v) is 8.34. The van der Waals surface area contributed by atoms with Crippen molar-refractivity contribution in [2.24, 2.45) is 4.99 Å². The van der Waals surface area contributed by atoms with Crippen LogP contribution in [0, 0.1) is 0 Å². The SMILES string of the molecule is CN=C(NCCc1ccco1)NCC(C)(C)N1CCCCC1. The summed E-state index contributed by atoms with van der Waals surface area (Å²) in [7, 11) is 1.82. The van der Waals surface area contributed by atoms with Gasteiger partial charge in [-0.05, 0) is 51.9 Å².